The number of benzene rings is 5. The summed E-state index contributed by atoms with van der Waals surface area (Å²) in [6, 6.07) is 44.5. The van der Waals surface area contributed by atoms with Gasteiger partial charge in [-0.1, -0.05) is 148 Å². The van der Waals surface area contributed by atoms with E-state index in [1.807, 2.05) is 24.4 Å². The van der Waals surface area contributed by atoms with Gasteiger partial charge in [-0.05, 0) is 98.9 Å². The predicted octanol–water partition coefficient (Wildman–Crippen LogP) is 16.2. The van der Waals surface area contributed by atoms with Crippen LogP contribution in [-0.4, -0.2) is 24.6 Å². The Morgan fingerprint density at radius 3 is 1.89 bits per heavy atom. The van der Waals surface area contributed by atoms with Crippen LogP contribution in [0, 0.1) is 6.07 Å². The van der Waals surface area contributed by atoms with Crippen LogP contribution in [0.4, 0.5) is 0 Å². The quantitative estimate of drug-likeness (QED) is 0.138. The first-order valence-electron chi connectivity index (χ1n) is 23.1. The van der Waals surface area contributed by atoms with Gasteiger partial charge in [-0.15, -0.1) is 29.3 Å². The van der Waals surface area contributed by atoms with Crippen molar-refractivity contribution in [3.63, 3.8) is 0 Å². The van der Waals surface area contributed by atoms with Crippen LogP contribution in [0.2, 0.25) is 0 Å². The molecule has 0 amide bonds. The van der Waals surface area contributed by atoms with Gasteiger partial charge in [0.25, 0.3) is 0 Å². The Hall–Kier alpha value is -6.10. The molecule has 66 heavy (non-hydrogen) atoms. The molecule has 0 aliphatic heterocycles. The fraction of sp³-hybridized carbons (Fsp3) is 0.271. The Kier molecular flexibility index (Phi) is 12.9. The number of pyridine rings is 2. The number of imidazole rings is 1. The fourth-order valence-electron chi connectivity index (χ4n) is 8.91. The molecule has 5 aromatic carbocycles. The molecule has 9 rings (SSSR count). The monoisotopic (exact) mass is 1050 g/mol. The molecule has 0 aliphatic rings. The van der Waals surface area contributed by atoms with Crippen LogP contribution in [-0.2, 0) is 26.5 Å². The molecule has 0 spiro atoms. The molecule has 0 bridgehead atoms. The maximum atomic E-state index is 12.0. The predicted molar refractivity (Wildman–Crippen MR) is 269 cm³/mol. The molecule has 9 aromatic rings. The van der Waals surface area contributed by atoms with E-state index in [2.05, 4.69) is 178 Å². The fourth-order valence-corrected chi connectivity index (χ4v) is 8.91. The minimum atomic E-state index is -0.200. The summed E-state index contributed by atoms with van der Waals surface area (Å²) in [7, 11) is 0. The Bertz CT molecular complexity index is 3170. The summed E-state index contributed by atoms with van der Waals surface area (Å²) in [6.07, 6.45) is 3.56. The van der Waals surface area contributed by atoms with Gasteiger partial charge in [-0.2, -0.15) is 0 Å². The van der Waals surface area contributed by atoms with Crippen molar-refractivity contribution >= 4 is 22.0 Å². The Labute approximate surface area is 404 Å². The van der Waals surface area contributed by atoms with Gasteiger partial charge in [0, 0.05) is 55.8 Å². The van der Waals surface area contributed by atoms with Crippen LogP contribution in [0.25, 0.3) is 83.7 Å². The first kappa shape index (κ1) is 46.4. The summed E-state index contributed by atoms with van der Waals surface area (Å²) < 4.78 is 8.10. The zero-order valence-corrected chi connectivity index (χ0v) is 42.2. The van der Waals surface area contributed by atoms with Gasteiger partial charge in [-0.25, -0.2) is 4.98 Å². The second-order valence-electron chi connectivity index (χ2n) is 19.8. The number of aromatic hydroxyl groups is 1. The number of fused-ring (bicyclic) bond motifs is 2. The third-order valence-electron chi connectivity index (χ3n) is 12.7. The first-order valence-corrected chi connectivity index (χ1v) is 23.1. The average molecular weight is 1050 g/mol. The molecule has 6 nitrogen and oxygen atoms in total. The number of aromatic nitrogens is 4. The summed E-state index contributed by atoms with van der Waals surface area (Å²) in [4.78, 5) is 15.8. The summed E-state index contributed by atoms with van der Waals surface area (Å²) in [5, 5.41) is 12.9. The van der Waals surface area contributed by atoms with E-state index in [-0.39, 0.29) is 55.9 Å². The largest absolute Gasteiger partial charge is 0.507 e. The number of phenols is 1. The van der Waals surface area contributed by atoms with Crippen molar-refractivity contribution in [3.8, 4) is 67.5 Å². The van der Waals surface area contributed by atoms with Crippen molar-refractivity contribution in [3.05, 3.63) is 162 Å². The van der Waals surface area contributed by atoms with E-state index in [1.165, 1.54) is 11.1 Å². The van der Waals surface area contributed by atoms with Crippen LogP contribution >= 0.6 is 0 Å². The number of phenolic OH excluding ortho intramolecular Hbond substituents is 1. The standard InChI is InChI=1S/C59H59N4O2.Pt/c1-34(2)46-18-15-19-47(35(3)4)57(46)63-53-32-41(42-30-50(36(5)6)61-51(31-42)37(7)8)28-48(56(53)62-58(63)49-27-40-21-23-65-55(40)33-54(49)64)43-24-44(26-45(25-43)59(9,10)11)52-29-39(20-22-60-52)38-16-13-12-14-17-38;/h12-23,25-37,64H,1-11H3;/q-1;. The minimum Gasteiger partial charge on any atom is -0.507 e. The molecule has 7 heteroatoms. The third kappa shape index (κ3) is 8.81. The molecule has 1 N–H and O–H groups in total. The van der Waals surface area contributed by atoms with Gasteiger partial charge in [-0.3, -0.25) is 14.5 Å². The molecule has 0 saturated carbocycles. The molecule has 338 valence electrons. The number of furan rings is 1. The first-order chi connectivity index (χ1) is 31.0. The van der Waals surface area contributed by atoms with Gasteiger partial charge in [0.1, 0.15) is 17.2 Å². The maximum Gasteiger partial charge on any atom is 0.148 e. The number of rotatable bonds is 10. The topological polar surface area (TPSA) is 77.0 Å². The van der Waals surface area contributed by atoms with Crippen LogP contribution in [0.1, 0.15) is 128 Å². The minimum absolute atomic E-state index is 0. The molecule has 0 fully saturated rings. The van der Waals surface area contributed by atoms with Crippen molar-refractivity contribution < 1.29 is 30.6 Å². The summed E-state index contributed by atoms with van der Waals surface area (Å²) in [5.74, 6) is 1.62. The maximum absolute atomic E-state index is 12.0. The molecule has 0 unspecified atom stereocenters. The van der Waals surface area contributed by atoms with Crippen LogP contribution in [0.5, 0.6) is 5.75 Å². The normalized spacial score (nSPS) is 12.0. The van der Waals surface area contributed by atoms with E-state index in [4.69, 9.17) is 19.4 Å². The molecule has 4 heterocycles. The van der Waals surface area contributed by atoms with Crippen LogP contribution in [0.15, 0.2) is 132 Å². The molecule has 0 saturated heterocycles. The molecule has 4 aromatic heterocycles. The second-order valence-corrected chi connectivity index (χ2v) is 19.8. The molecular weight excluding hydrogens is 992 g/mol. The van der Waals surface area contributed by atoms with E-state index >= 15 is 0 Å². The Morgan fingerprint density at radius 1 is 0.606 bits per heavy atom. The van der Waals surface area contributed by atoms with E-state index in [9.17, 15) is 5.11 Å². The SMILES string of the molecule is CC(C)c1cc(-c2cc(-c3[c-]c(-c4cc(-c5ccccc5)ccn4)cc(C(C)(C)C)c3)c3nc(-c4cc5ccoc5cc4O)n(-c4c(C(C)C)cccc4C(C)C)c3c2)cc(C(C)C)n1.[Pt]. The molecular formula is C59H59N4O2Pt-. The van der Waals surface area contributed by atoms with E-state index in [0.717, 1.165) is 83.7 Å². The van der Waals surface area contributed by atoms with E-state index in [1.54, 1.807) is 12.3 Å². The number of para-hydroxylation sites is 1. The number of nitrogens with zero attached hydrogens (tertiary/aromatic N) is 4. The number of hydrogen-bond acceptors (Lipinski definition) is 5. The van der Waals surface area contributed by atoms with Crippen molar-refractivity contribution in [1.82, 2.24) is 19.5 Å². The van der Waals surface area contributed by atoms with Crippen LogP contribution < -0.4 is 0 Å². The summed E-state index contributed by atoms with van der Waals surface area (Å²) in [5.41, 5.74) is 17.5. The van der Waals surface area contributed by atoms with Crippen molar-refractivity contribution in [1.29, 1.82) is 0 Å². The van der Waals surface area contributed by atoms with Gasteiger partial charge in [0.05, 0.1) is 28.5 Å². The zero-order valence-electron chi connectivity index (χ0n) is 39.9. The van der Waals surface area contributed by atoms with Gasteiger partial charge in [0.15, 0.2) is 0 Å². The molecule has 0 radical (unpaired) electrons. The van der Waals surface area contributed by atoms with Crippen molar-refractivity contribution in [2.45, 2.75) is 105 Å². The molecule has 0 aliphatic carbocycles. The third-order valence-corrected chi connectivity index (χ3v) is 12.7. The van der Waals surface area contributed by atoms with Gasteiger partial charge < -0.3 is 9.52 Å². The summed E-state index contributed by atoms with van der Waals surface area (Å²) in [6.45, 7) is 24.6. The molecule has 0 atom stereocenters. The van der Waals surface area contributed by atoms with E-state index < -0.39 is 0 Å². The van der Waals surface area contributed by atoms with Crippen LogP contribution in [0.3, 0.4) is 0 Å². The van der Waals surface area contributed by atoms with Crippen molar-refractivity contribution in [2.75, 3.05) is 0 Å². The Balaban J connectivity index is 0.00000592. The Morgan fingerprint density at radius 2 is 1.26 bits per heavy atom. The van der Waals surface area contributed by atoms with Gasteiger partial charge in [0.2, 0.25) is 0 Å². The zero-order chi connectivity index (χ0) is 45.9. The number of hydrogen-bond donors (Lipinski definition) is 1. The van der Waals surface area contributed by atoms with E-state index in [0.29, 0.717) is 17.0 Å². The van der Waals surface area contributed by atoms with Crippen molar-refractivity contribution in [2.24, 2.45) is 0 Å². The average Bonchev–Trinajstić information content (AvgIpc) is 3.91. The second kappa shape index (κ2) is 18.3. The van der Waals surface area contributed by atoms with Gasteiger partial charge >= 0.3 is 0 Å². The smallest absolute Gasteiger partial charge is 0.148 e. The summed E-state index contributed by atoms with van der Waals surface area (Å²) >= 11 is 0.